The van der Waals surface area contributed by atoms with E-state index in [4.69, 9.17) is 10.5 Å². The molecule has 0 fully saturated rings. The second-order valence-electron chi connectivity index (χ2n) is 4.31. The van der Waals surface area contributed by atoms with Gasteiger partial charge in [-0.25, -0.2) is 9.97 Å². The first-order valence-electron chi connectivity index (χ1n) is 5.90. The Labute approximate surface area is 96.2 Å². The van der Waals surface area contributed by atoms with Crippen LogP contribution in [0.5, 0.6) is 0 Å². The van der Waals surface area contributed by atoms with Gasteiger partial charge in [-0.2, -0.15) is 0 Å². The molecule has 0 bridgehead atoms. The lowest BCUT2D eigenvalue weighted by atomic mass is 10.1. The van der Waals surface area contributed by atoms with E-state index in [9.17, 15) is 0 Å². The van der Waals surface area contributed by atoms with Gasteiger partial charge >= 0.3 is 0 Å². The maximum atomic E-state index is 5.97. The van der Waals surface area contributed by atoms with Gasteiger partial charge in [0.15, 0.2) is 0 Å². The van der Waals surface area contributed by atoms with Crippen LogP contribution in [0.15, 0.2) is 0 Å². The fourth-order valence-electron chi connectivity index (χ4n) is 2.24. The summed E-state index contributed by atoms with van der Waals surface area (Å²) in [6.07, 6.45) is 4.20. The van der Waals surface area contributed by atoms with Crippen molar-refractivity contribution in [2.24, 2.45) is 0 Å². The molecule has 1 aliphatic rings. The number of hydrogen-bond donors (Lipinski definition) is 1. The molecule has 1 aliphatic carbocycles. The van der Waals surface area contributed by atoms with Crippen molar-refractivity contribution in [1.82, 2.24) is 9.97 Å². The van der Waals surface area contributed by atoms with E-state index in [1.807, 2.05) is 0 Å². The monoisotopic (exact) mass is 221 g/mol. The Kier molecular flexibility index (Phi) is 3.39. The lowest BCUT2D eigenvalue weighted by Gasteiger charge is -2.14. The summed E-state index contributed by atoms with van der Waals surface area (Å²) < 4.78 is 5.19. The van der Waals surface area contributed by atoms with Gasteiger partial charge in [0, 0.05) is 24.3 Å². The molecule has 4 heteroatoms. The van der Waals surface area contributed by atoms with Crippen LogP contribution in [0, 0.1) is 0 Å². The van der Waals surface area contributed by atoms with Gasteiger partial charge in [-0.15, -0.1) is 0 Å². The molecule has 0 amide bonds. The summed E-state index contributed by atoms with van der Waals surface area (Å²) in [6, 6.07) is 0. The van der Waals surface area contributed by atoms with E-state index >= 15 is 0 Å². The van der Waals surface area contributed by atoms with Gasteiger partial charge in [0.2, 0.25) is 0 Å². The minimum atomic E-state index is 0.262. The summed E-state index contributed by atoms with van der Waals surface area (Å²) >= 11 is 0. The van der Waals surface area contributed by atoms with Crippen molar-refractivity contribution >= 4 is 5.82 Å². The molecule has 0 unspecified atom stereocenters. The molecular formula is C12H19N3O. The minimum Gasteiger partial charge on any atom is -0.384 e. The average Bonchev–Trinajstić information content (AvgIpc) is 2.74. The average molecular weight is 221 g/mol. The summed E-state index contributed by atoms with van der Waals surface area (Å²) in [6.45, 7) is 2.78. The maximum Gasteiger partial charge on any atom is 0.136 e. The lowest BCUT2D eigenvalue weighted by Crippen LogP contribution is -2.13. The van der Waals surface area contributed by atoms with Gasteiger partial charge < -0.3 is 10.5 Å². The molecule has 0 saturated heterocycles. The predicted molar refractivity (Wildman–Crippen MR) is 63.4 cm³/mol. The van der Waals surface area contributed by atoms with Crippen molar-refractivity contribution in [3.8, 4) is 0 Å². The third-order valence-corrected chi connectivity index (χ3v) is 3.21. The fourth-order valence-corrected chi connectivity index (χ4v) is 2.24. The molecule has 2 N–H and O–H groups in total. The van der Waals surface area contributed by atoms with Gasteiger partial charge in [0.1, 0.15) is 11.6 Å². The van der Waals surface area contributed by atoms with Crippen molar-refractivity contribution in [1.29, 1.82) is 0 Å². The topological polar surface area (TPSA) is 61.0 Å². The van der Waals surface area contributed by atoms with E-state index in [0.717, 1.165) is 42.8 Å². The molecule has 1 aromatic heterocycles. The predicted octanol–water partition coefficient (Wildman–Crippen LogP) is 1.69. The zero-order valence-corrected chi connectivity index (χ0v) is 9.99. The van der Waals surface area contributed by atoms with Crippen LogP contribution in [-0.2, 0) is 17.6 Å². The Morgan fingerprint density at radius 1 is 1.38 bits per heavy atom. The van der Waals surface area contributed by atoms with E-state index in [1.54, 1.807) is 7.11 Å². The molecule has 4 nitrogen and oxygen atoms in total. The fraction of sp³-hybridized carbons (Fsp3) is 0.667. The number of aryl methyl sites for hydroxylation is 1. The van der Waals surface area contributed by atoms with Crippen LogP contribution in [0.2, 0.25) is 0 Å². The van der Waals surface area contributed by atoms with Gasteiger partial charge in [-0.05, 0) is 25.7 Å². The van der Waals surface area contributed by atoms with Crippen LogP contribution in [0.3, 0.4) is 0 Å². The second kappa shape index (κ2) is 4.78. The van der Waals surface area contributed by atoms with Crippen molar-refractivity contribution in [2.45, 2.75) is 38.5 Å². The highest BCUT2D eigenvalue weighted by Crippen LogP contribution is 2.27. The molecule has 1 heterocycles. The molecule has 1 atom stereocenters. The van der Waals surface area contributed by atoms with Gasteiger partial charge in [0.25, 0.3) is 0 Å². The summed E-state index contributed by atoms with van der Waals surface area (Å²) in [5, 5.41) is 0. The molecule has 0 aromatic carbocycles. The highest BCUT2D eigenvalue weighted by Gasteiger charge is 2.20. The summed E-state index contributed by atoms with van der Waals surface area (Å²) in [7, 11) is 1.71. The second-order valence-corrected chi connectivity index (χ2v) is 4.31. The van der Waals surface area contributed by atoms with Crippen molar-refractivity contribution in [2.75, 3.05) is 19.5 Å². The van der Waals surface area contributed by atoms with Gasteiger partial charge in [-0.1, -0.05) is 6.92 Å². The van der Waals surface area contributed by atoms with Crippen LogP contribution in [0.4, 0.5) is 5.82 Å². The third-order valence-electron chi connectivity index (χ3n) is 3.21. The highest BCUT2D eigenvalue weighted by molar-refractivity contribution is 5.45. The smallest absolute Gasteiger partial charge is 0.136 e. The largest absolute Gasteiger partial charge is 0.384 e. The number of nitrogens with two attached hydrogens (primary N) is 1. The van der Waals surface area contributed by atoms with Crippen LogP contribution >= 0.6 is 0 Å². The summed E-state index contributed by atoms with van der Waals surface area (Å²) in [5.41, 5.74) is 8.28. The Morgan fingerprint density at radius 2 is 2.19 bits per heavy atom. The maximum absolute atomic E-state index is 5.97. The molecule has 0 spiro atoms. The SMILES string of the molecule is CC[C@@H](COC)c1nc(N)c2c(n1)CCC2. The number of nitrogen functional groups attached to an aromatic ring is 1. The Morgan fingerprint density at radius 3 is 2.88 bits per heavy atom. The van der Waals surface area contributed by atoms with Crippen LogP contribution in [-0.4, -0.2) is 23.7 Å². The van der Waals surface area contributed by atoms with E-state index < -0.39 is 0 Å². The lowest BCUT2D eigenvalue weighted by molar-refractivity contribution is 0.174. The van der Waals surface area contributed by atoms with E-state index in [0.29, 0.717) is 12.4 Å². The van der Waals surface area contributed by atoms with Gasteiger partial charge in [0.05, 0.1) is 6.61 Å². The Balaban J connectivity index is 2.31. The summed E-state index contributed by atoms with van der Waals surface area (Å²) in [5.74, 6) is 1.78. The number of hydrogen-bond acceptors (Lipinski definition) is 4. The third kappa shape index (κ3) is 2.02. The zero-order valence-electron chi connectivity index (χ0n) is 9.99. The van der Waals surface area contributed by atoms with E-state index in [-0.39, 0.29) is 5.92 Å². The molecule has 88 valence electrons. The van der Waals surface area contributed by atoms with Crippen molar-refractivity contribution in [3.63, 3.8) is 0 Å². The molecule has 16 heavy (non-hydrogen) atoms. The highest BCUT2D eigenvalue weighted by atomic mass is 16.5. The quantitative estimate of drug-likeness (QED) is 0.840. The van der Waals surface area contributed by atoms with E-state index in [1.165, 1.54) is 0 Å². The van der Waals surface area contributed by atoms with Crippen LogP contribution < -0.4 is 5.73 Å². The van der Waals surface area contributed by atoms with E-state index in [2.05, 4.69) is 16.9 Å². The van der Waals surface area contributed by atoms with Crippen molar-refractivity contribution < 1.29 is 4.74 Å². The molecule has 0 saturated carbocycles. The number of fused-ring (bicyclic) bond motifs is 1. The number of ether oxygens (including phenoxy) is 1. The number of methoxy groups -OCH3 is 1. The number of nitrogens with zero attached hydrogens (tertiary/aromatic N) is 2. The molecule has 0 radical (unpaired) electrons. The first-order chi connectivity index (χ1) is 7.76. The summed E-state index contributed by atoms with van der Waals surface area (Å²) in [4.78, 5) is 9.05. The first kappa shape index (κ1) is 11.3. The number of rotatable bonds is 4. The zero-order chi connectivity index (χ0) is 11.5. The Hall–Kier alpha value is -1.16. The van der Waals surface area contributed by atoms with Gasteiger partial charge in [-0.3, -0.25) is 0 Å². The number of anilines is 1. The molecule has 2 rings (SSSR count). The molecular weight excluding hydrogens is 202 g/mol. The Bertz CT molecular complexity index is 379. The first-order valence-corrected chi connectivity index (χ1v) is 5.90. The normalized spacial score (nSPS) is 16.1. The minimum absolute atomic E-state index is 0.262. The number of aromatic nitrogens is 2. The molecule has 0 aliphatic heterocycles. The standard InChI is InChI=1S/C12H19N3O/c1-3-8(7-16-2)12-14-10-6-4-5-9(10)11(13)15-12/h8H,3-7H2,1-2H3,(H2,13,14,15)/t8-/m0/s1. The van der Waals surface area contributed by atoms with Crippen molar-refractivity contribution in [3.05, 3.63) is 17.1 Å². The van der Waals surface area contributed by atoms with Crippen LogP contribution in [0.25, 0.3) is 0 Å². The van der Waals surface area contributed by atoms with Crippen LogP contribution in [0.1, 0.15) is 42.8 Å². The molecule has 1 aromatic rings.